The second kappa shape index (κ2) is 31.0. The molecule has 1 aromatic rings. The number of nitrogens with one attached hydrogen (secondary N) is 4. The number of benzene rings is 1. The zero-order valence-electron chi connectivity index (χ0n) is 56.7. The van der Waals surface area contributed by atoms with Gasteiger partial charge in [-0.3, -0.25) is 47.9 Å². The molecular formula is C67H106N10O13. The number of nitrogens with zero attached hydrogens (tertiary/aromatic N) is 6. The fourth-order valence-electron chi connectivity index (χ4n) is 15.3. The molecule has 6 aliphatic rings. The van der Waals surface area contributed by atoms with Crippen molar-refractivity contribution in [1.82, 2.24) is 50.7 Å². The topological polar surface area (TPSA) is 274 Å². The highest BCUT2D eigenvalue weighted by atomic mass is 16.5. The lowest BCUT2D eigenvalue weighted by Gasteiger charge is -2.57. The molecule has 4 N–H and O–H groups in total. The largest absolute Gasteiger partial charge is 0.497 e. The molecule has 23 heteroatoms. The first kappa shape index (κ1) is 72.3. The summed E-state index contributed by atoms with van der Waals surface area (Å²) in [7, 11) is 8.71. The van der Waals surface area contributed by atoms with Gasteiger partial charge in [0.15, 0.2) is 6.10 Å². The fraction of sp³-hybridized carbons (Fsp3) is 0.746. The van der Waals surface area contributed by atoms with Gasteiger partial charge >= 0.3 is 5.97 Å². The van der Waals surface area contributed by atoms with E-state index < -0.39 is 168 Å². The highest BCUT2D eigenvalue weighted by molar-refractivity contribution is 6.00. The molecule has 4 bridgehead atoms. The summed E-state index contributed by atoms with van der Waals surface area (Å²) < 4.78 is 11.3. The Hall–Kier alpha value is -6.81. The van der Waals surface area contributed by atoms with E-state index in [-0.39, 0.29) is 19.4 Å². The minimum absolute atomic E-state index is 0.105. The van der Waals surface area contributed by atoms with Crippen LogP contribution in [0.2, 0.25) is 0 Å². The predicted octanol–water partition coefficient (Wildman–Crippen LogP) is 4.32. The smallest absolute Gasteiger partial charge is 0.329 e. The van der Waals surface area contributed by atoms with Crippen molar-refractivity contribution in [3.05, 3.63) is 29.8 Å². The molecule has 1 aromatic carbocycles. The second-order valence-electron chi connectivity index (χ2n) is 28.0. The normalized spacial score (nSPS) is 31.2. The first-order valence-corrected chi connectivity index (χ1v) is 33.0. The van der Waals surface area contributed by atoms with Crippen LogP contribution in [-0.4, -0.2) is 210 Å². The third-order valence-electron chi connectivity index (χ3n) is 20.3. The van der Waals surface area contributed by atoms with Gasteiger partial charge in [-0.2, -0.15) is 0 Å². The molecule has 0 radical (unpaired) electrons. The van der Waals surface area contributed by atoms with E-state index in [1.807, 2.05) is 13.8 Å². The summed E-state index contributed by atoms with van der Waals surface area (Å²) in [6, 6.07) is -3.29. The summed E-state index contributed by atoms with van der Waals surface area (Å²) in [5.41, 5.74) is 0.144. The number of carbonyl (C=O) groups is 11. The summed E-state index contributed by atoms with van der Waals surface area (Å²) in [5.74, 6) is -8.11. The fourth-order valence-corrected chi connectivity index (χ4v) is 15.3. The van der Waals surface area contributed by atoms with E-state index in [0.717, 1.165) is 38.5 Å². The van der Waals surface area contributed by atoms with Crippen molar-refractivity contribution in [1.29, 1.82) is 0 Å². The number of hydrogen-bond acceptors (Lipinski definition) is 13. The number of ether oxygens (including phenoxy) is 2. The van der Waals surface area contributed by atoms with Gasteiger partial charge in [0, 0.05) is 53.7 Å². The van der Waals surface area contributed by atoms with Crippen molar-refractivity contribution in [3.63, 3.8) is 0 Å². The number of methoxy groups -OCH3 is 1. The van der Waals surface area contributed by atoms with Gasteiger partial charge in [0.25, 0.3) is 5.91 Å². The van der Waals surface area contributed by atoms with Gasteiger partial charge in [-0.25, -0.2) is 4.79 Å². The Morgan fingerprint density at radius 1 is 0.622 bits per heavy atom. The van der Waals surface area contributed by atoms with E-state index >= 15 is 14.4 Å². The van der Waals surface area contributed by atoms with Crippen molar-refractivity contribution in [3.8, 4) is 5.75 Å². The summed E-state index contributed by atoms with van der Waals surface area (Å²) >= 11 is 0. The first-order valence-electron chi connectivity index (χ1n) is 33.0. The Morgan fingerprint density at radius 2 is 1.14 bits per heavy atom. The van der Waals surface area contributed by atoms with Gasteiger partial charge in [-0.05, 0) is 130 Å². The third kappa shape index (κ3) is 16.6. The molecule has 0 aromatic heterocycles. The van der Waals surface area contributed by atoms with Crippen LogP contribution in [0.15, 0.2) is 24.3 Å². The van der Waals surface area contributed by atoms with Crippen LogP contribution in [0, 0.1) is 47.3 Å². The Bertz CT molecular complexity index is 2740. The van der Waals surface area contributed by atoms with Gasteiger partial charge in [-0.15, -0.1) is 0 Å². The van der Waals surface area contributed by atoms with Crippen LogP contribution in [0.5, 0.6) is 5.75 Å². The van der Waals surface area contributed by atoms with Gasteiger partial charge in [0.05, 0.1) is 20.1 Å². The third-order valence-corrected chi connectivity index (χ3v) is 20.3. The second-order valence-corrected chi connectivity index (χ2v) is 28.0. The predicted molar refractivity (Wildman–Crippen MR) is 338 cm³/mol. The van der Waals surface area contributed by atoms with E-state index in [0.29, 0.717) is 54.7 Å². The van der Waals surface area contributed by atoms with Crippen molar-refractivity contribution in [2.75, 3.05) is 55.4 Å². The number of fused-ring (bicyclic) bond motifs is 1. The summed E-state index contributed by atoms with van der Waals surface area (Å²) in [6.45, 7) is 18.6. The molecule has 4 saturated carbocycles. The average Bonchev–Trinajstić information content (AvgIpc) is 0.762. The summed E-state index contributed by atoms with van der Waals surface area (Å²) in [4.78, 5) is 171. The number of likely N-dealkylation sites (N-methyl/N-ethyl adjacent to an activating group) is 5. The maximum atomic E-state index is 15.6. The van der Waals surface area contributed by atoms with E-state index in [1.165, 1.54) is 78.7 Å². The maximum absolute atomic E-state index is 15.6. The highest BCUT2D eigenvalue weighted by Gasteiger charge is 2.53. The van der Waals surface area contributed by atoms with Crippen molar-refractivity contribution in [2.24, 2.45) is 47.3 Å². The lowest BCUT2D eigenvalue weighted by molar-refractivity contribution is -0.165. The molecule has 23 nitrogen and oxygen atoms in total. The molecule has 7 rings (SSSR count). The van der Waals surface area contributed by atoms with Crippen LogP contribution in [-0.2, 0) is 63.9 Å². The molecule has 11 atom stereocenters. The molecule has 2 aliphatic heterocycles. The molecule has 2 heterocycles. The number of piperidine rings is 1. The number of rotatable bonds is 13. The van der Waals surface area contributed by atoms with Crippen LogP contribution in [0.3, 0.4) is 0 Å². The van der Waals surface area contributed by atoms with Crippen molar-refractivity contribution < 1.29 is 62.2 Å². The van der Waals surface area contributed by atoms with Crippen LogP contribution in [0.25, 0.3) is 0 Å². The molecule has 502 valence electrons. The van der Waals surface area contributed by atoms with E-state index in [4.69, 9.17) is 9.47 Å². The number of cyclic esters (lactones) is 1. The minimum Gasteiger partial charge on any atom is -0.497 e. The summed E-state index contributed by atoms with van der Waals surface area (Å²) in [5, 5.41) is 11.8. The molecule has 4 aliphatic carbocycles. The maximum Gasteiger partial charge on any atom is 0.329 e. The van der Waals surface area contributed by atoms with Crippen LogP contribution >= 0.6 is 0 Å². The lowest BCUT2D eigenvalue weighted by Crippen LogP contribution is -2.64. The molecule has 10 amide bonds. The quantitative estimate of drug-likeness (QED) is 0.201. The van der Waals surface area contributed by atoms with Crippen LogP contribution < -0.4 is 26.0 Å². The van der Waals surface area contributed by atoms with Gasteiger partial charge in [-0.1, -0.05) is 94.2 Å². The Morgan fingerprint density at radius 3 is 1.68 bits per heavy atom. The van der Waals surface area contributed by atoms with Crippen molar-refractivity contribution >= 4 is 65.0 Å². The molecule has 0 spiro atoms. The molecule has 6 fully saturated rings. The molecule has 90 heavy (non-hydrogen) atoms. The zero-order chi connectivity index (χ0) is 67.0. The Labute approximate surface area is 533 Å². The van der Waals surface area contributed by atoms with Crippen LogP contribution in [0.1, 0.15) is 159 Å². The van der Waals surface area contributed by atoms with Gasteiger partial charge in [0.2, 0.25) is 53.2 Å². The Balaban J connectivity index is 1.42. The number of amides is 10. The van der Waals surface area contributed by atoms with Gasteiger partial charge < -0.3 is 60.1 Å². The van der Waals surface area contributed by atoms with E-state index in [2.05, 4.69) is 21.3 Å². The first-order chi connectivity index (χ1) is 42.3. The molecule has 0 unspecified atom stereocenters. The summed E-state index contributed by atoms with van der Waals surface area (Å²) in [6.07, 6.45) is 5.94. The van der Waals surface area contributed by atoms with Crippen molar-refractivity contribution in [2.45, 2.75) is 220 Å². The average molecular weight is 1260 g/mol. The Kier molecular flexibility index (Phi) is 24.9. The minimum atomic E-state index is -1.49. The molecular weight excluding hydrogens is 1150 g/mol. The van der Waals surface area contributed by atoms with Crippen LogP contribution in [0.4, 0.5) is 0 Å². The number of hydrogen-bond donors (Lipinski definition) is 4. The highest BCUT2D eigenvalue weighted by Crippen LogP contribution is 2.55. The standard InChI is InChI=1S/C67H106N10O13/c1-18-40(9)56-58(80)68-36-52(79)73(13)54(38(5)6)59(81)69-48(31-43-23-25-47(89-17)26-24-43)66(88)90-42(11)61(83)77-27-21-20-22-49(77)62(84)74(14)55(39(7)8)60(82)70-53(37(3)4)64(86)72(12)50(63(85)76(16)57(41(10)19-2)65(87)75(56)15)32-51(78)71-67-33-44-28-45(34-67)30-46(29-44)35-67/h23-26,37-42,44-46,48-50,53-57H,18-22,27-36H2,1-17H3,(H,68,80)(H,69,81)(H,70,82)(H,71,78)/t40-,41-,42+,44?,45?,46?,48-,49-,50-,53-,54-,55-,56-,57-,67?/m0/s1. The zero-order valence-corrected chi connectivity index (χ0v) is 56.7. The molecule has 2 saturated heterocycles. The number of esters is 1. The van der Waals surface area contributed by atoms with Gasteiger partial charge in [0.1, 0.15) is 54.1 Å². The number of carbonyl (C=O) groups excluding carboxylic acids is 11. The van der Waals surface area contributed by atoms with E-state index in [1.54, 1.807) is 79.7 Å². The van der Waals surface area contributed by atoms with E-state index in [9.17, 15) is 38.4 Å². The SMILES string of the molecule is CC[C@H](C)[C@H]1C(=O)NCC(=O)N(C)[C@@H](C(C)C)C(=O)N[C@@H](Cc2ccc(OC)cc2)C(=O)O[C@H](C)C(=O)N2CCCC[C@H]2C(=O)N(C)[C@@H](C(C)C)C(=O)N[C@@H](C(C)C)C(=O)N(C)[C@@H](CC(=O)NC23CC4CC(CC(C4)C2)C3)C(=O)N(C)[C@@H]([C@@H](C)CC)C(=O)N1C. The lowest BCUT2D eigenvalue weighted by atomic mass is 9.53. The monoisotopic (exact) mass is 1260 g/mol.